The molecule has 8 heteroatoms. The summed E-state index contributed by atoms with van der Waals surface area (Å²) in [5.41, 5.74) is 7.26. The molecule has 5 N–H and O–H groups in total. The summed E-state index contributed by atoms with van der Waals surface area (Å²) in [6.07, 6.45) is 5.68. The summed E-state index contributed by atoms with van der Waals surface area (Å²) in [4.78, 5) is 11.9. The molecule has 1 aromatic carbocycles. The van der Waals surface area contributed by atoms with Gasteiger partial charge in [-0.25, -0.2) is 0 Å². The van der Waals surface area contributed by atoms with E-state index in [4.69, 9.17) is 10.3 Å². The maximum atomic E-state index is 11.9. The van der Waals surface area contributed by atoms with Crippen LogP contribution in [0.2, 0.25) is 0 Å². The van der Waals surface area contributed by atoms with E-state index in [2.05, 4.69) is 5.32 Å². The Morgan fingerprint density at radius 3 is 2.37 bits per heavy atom. The Bertz CT molecular complexity index is 859. The summed E-state index contributed by atoms with van der Waals surface area (Å²) >= 11 is 0. The largest absolute Gasteiger partial charge is 0.480 e. The number of carbonyl (C=O) groups is 1. The second-order valence-electron chi connectivity index (χ2n) is 9.69. The van der Waals surface area contributed by atoms with E-state index in [1.807, 2.05) is 30.3 Å². The lowest BCUT2D eigenvalue weighted by Crippen LogP contribution is -2.63. The Balaban J connectivity index is 1.53. The van der Waals surface area contributed by atoms with Crippen molar-refractivity contribution in [1.29, 1.82) is 0 Å². The van der Waals surface area contributed by atoms with E-state index in [-0.39, 0.29) is 23.1 Å². The maximum absolute atomic E-state index is 11.9. The minimum absolute atomic E-state index is 0.000768. The summed E-state index contributed by atoms with van der Waals surface area (Å²) in [6.45, 7) is 0.563. The molecule has 4 saturated carbocycles. The molecule has 166 valence electrons. The van der Waals surface area contributed by atoms with Crippen LogP contribution in [0.15, 0.2) is 30.3 Å². The zero-order valence-electron chi connectivity index (χ0n) is 17.1. The van der Waals surface area contributed by atoms with Crippen molar-refractivity contribution < 1.29 is 22.9 Å². The van der Waals surface area contributed by atoms with Crippen molar-refractivity contribution in [3.63, 3.8) is 0 Å². The van der Waals surface area contributed by atoms with Gasteiger partial charge in [-0.3, -0.25) is 9.35 Å². The van der Waals surface area contributed by atoms with Gasteiger partial charge in [0.05, 0.1) is 5.75 Å². The highest BCUT2D eigenvalue weighted by Crippen LogP contribution is 2.61. The minimum Gasteiger partial charge on any atom is -0.480 e. The third kappa shape index (κ3) is 4.42. The van der Waals surface area contributed by atoms with Gasteiger partial charge in [0.25, 0.3) is 10.1 Å². The first-order chi connectivity index (χ1) is 14.2. The SMILES string of the molecule is N[C@H](C(=O)O)C(c1ccccc1)C1C2CC3CC1CC(NCCCS(=O)(=O)O)(C3)C2. The fourth-order valence-corrected chi connectivity index (χ4v) is 7.48. The fraction of sp³-hybridized carbons (Fsp3) is 0.682. The number of carboxylic acid groups (broad SMARTS) is 1. The fourth-order valence-electron chi connectivity index (χ4n) is 6.97. The molecule has 3 unspecified atom stereocenters. The highest BCUT2D eigenvalue weighted by Gasteiger charge is 2.57. The molecular weight excluding hydrogens is 404 g/mol. The molecule has 0 amide bonds. The van der Waals surface area contributed by atoms with Gasteiger partial charge in [-0.15, -0.1) is 0 Å². The van der Waals surface area contributed by atoms with Crippen LogP contribution in [0.25, 0.3) is 0 Å². The van der Waals surface area contributed by atoms with Crippen molar-refractivity contribution in [2.75, 3.05) is 12.3 Å². The molecule has 4 fully saturated rings. The lowest BCUT2D eigenvalue weighted by molar-refractivity contribution is -0.141. The number of hydrogen-bond acceptors (Lipinski definition) is 5. The van der Waals surface area contributed by atoms with Crippen LogP contribution in [0.3, 0.4) is 0 Å². The highest BCUT2D eigenvalue weighted by molar-refractivity contribution is 7.85. The molecule has 30 heavy (non-hydrogen) atoms. The topological polar surface area (TPSA) is 130 Å². The first kappa shape index (κ1) is 21.7. The van der Waals surface area contributed by atoms with Crippen LogP contribution < -0.4 is 11.1 Å². The predicted octanol–water partition coefficient (Wildman–Crippen LogP) is 2.24. The number of benzene rings is 1. The van der Waals surface area contributed by atoms with Gasteiger partial charge in [0.15, 0.2) is 0 Å². The molecule has 4 atom stereocenters. The number of rotatable bonds is 9. The molecule has 0 aliphatic heterocycles. The average molecular weight is 437 g/mol. The van der Waals surface area contributed by atoms with Crippen LogP contribution >= 0.6 is 0 Å². The molecule has 0 saturated heterocycles. The minimum atomic E-state index is -3.93. The van der Waals surface area contributed by atoms with Crippen molar-refractivity contribution in [2.45, 2.75) is 56.0 Å². The quantitative estimate of drug-likeness (QED) is 0.345. The van der Waals surface area contributed by atoms with Gasteiger partial charge in [0, 0.05) is 11.5 Å². The summed E-state index contributed by atoms with van der Waals surface area (Å²) in [7, 11) is -3.93. The van der Waals surface area contributed by atoms with E-state index in [0.29, 0.717) is 30.7 Å². The molecule has 5 rings (SSSR count). The summed E-state index contributed by atoms with van der Waals surface area (Å²) in [5.74, 6) is 0.347. The van der Waals surface area contributed by atoms with E-state index < -0.39 is 22.1 Å². The van der Waals surface area contributed by atoms with Crippen LogP contribution in [0.5, 0.6) is 0 Å². The van der Waals surface area contributed by atoms with Gasteiger partial charge < -0.3 is 16.2 Å². The first-order valence-electron chi connectivity index (χ1n) is 10.9. The van der Waals surface area contributed by atoms with E-state index in [0.717, 1.165) is 37.7 Å². The molecular formula is C22H32N2O5S. The second-order valence-corrected chi connectivity index (χ2v) is 11.3. The third-order valence-corrected chi connectivity index (χ3v) is 8.50. The number of hydrogen-bond donors (Lipinski definition) is 4. The van der Waals surface area contributed by atoms with Gasteiger partial charge in [-0.1, -0.05) is 30.3 Å². The molecule has 0 spiro atoms. The summed E-state index contributed by atoms with van der Waals surface area (Å²) in [5, 5.41) is 13.3. The van der Waals surface area contributed by atoms with Gasteiger partial charge in [-0.2, -0.15) is 8.42 Å². The van der Waals surface area contributed by atoms with Crippen LogP contribution in [0.4, 0.5) is 0 Å². The van der Waals surface area contributed by atoms with Crippen molar-refractivity contribution in [2.24, 2.45) is 29.4 Å². The number of nitrogens with two attached hydrogens (primary N) is 1. The lowest BCUT2D eigenvalue weighted by atomic mass is 9.46. The normalized spacial score (nSPS) is 34.6. The molecule has 4 aliphatic rings. The van der Waals surface area contributed by atoms with E-state index in [1.165, 1.54) is 0 Å². The lowest BCUT2D eigenvalue weighted by Gasteiger charge is -2.62. The molecule has 4 bridgehead atoms. The van der Waals surface area contributed by atoms with Crippen molar-refractivity contribution in [3.8, 4) is 0 Å². The molecule has 1 aromatic rings. The monoisotopic (exact) mass is 436 g/mol. The zero-order chi connectivity index (χ0) is 21.5. The Morgan fingerprint density at radius 1 is 1.17 bits per heavy atom. The molecule has 0 aromatic heterocycles. The van der Waals surface area contributed by atoms with Crippen molar-refractivity contribution >= 4 is 16.1 Å². The number of aliphatic carboxylic acids is 1. The van der Waals surface area contributed by atoms with Crippen molar-refractivity contribution in [3.05, 3.63) is 35.9 Å². The van der Waals surface area contributed by atoms with Crippen LogP contribution in [0.1, 0.15) is 50.0 Å². The van der Waals surface area contributed by atoms with Gasteiger partial charge in [-0.05, 0) is 74.3 Å². The van der Waals surface area contributed by atoms with Gasteiger partial charge in [0.1, 0.15) is 6.04 Å². The average Bonchev–Trinajstić information content (AvgIpc) is 2.67. The van der Waals surface area contributed by atoms with E-state index >= 15 is 0 Å². The van der Waals surface area contributed by atoms with Crippen LogP contribution in [-0.2, 0) is 14.9 Å². The molecule has 7 nitrogen and oxygen atoms in total. The van der Waals surface area contributed by atoms with Gasteiger partial charge >= 0.3 is 5.97 Å². The summed E-state index contributed by atoms with van der Waals surface area (Å²) < 4.78 is 31.0. The smallest absolute Gasteiger partial charge is 0.321 e. The Morgan fingerprint density at radius 2 is 1.80 bits per heavy atom. The maximum Gasteiger partial charge on any atom is 0.321 e. The van der Waals surface area contributed by atoms with E-state index in [1.54, 1.807) is 0 Å². The second kappa shape index (κ2) is 8.22. The Kier molecular flexibility index (Phi) is 5.96. The first-order valence-corrected chi connectivity index (χ1v) is 12.5. The Labute approximate surface area is 178 Å². The third-order valence-electron chi connectivity index (χ3n) is 7.70. The summed E-state index contributed by atoms with van der Waals surface area (Å²) in [6, 6.07) is 8.92. The standard InChI is InChI=1S/C22H32N2O5S/c23-20(21(25)26)19(15-5-2-1-3-6-15)18-16-9-14-10-17(18)13-22(11-14,12-16)24-7-4-8-30(27,28)29/h1-3,5-6,14,16-20,24H,4,7-13,23H2,(H,25,26)(H,27,28,29)/t14?,16?,17?,18?,19?,20-,22?/m0/s1. The van der Waals surface area contributed by atoms with Crippen LogP contribution in [-0.4, -0.2) is 47.9 Å². The molecule has 0 radical (unpaired) electrons. The van der Waals surface area contributed by atoms with Crippen molar-refractivity contribution in [1.82, 2.24) is 5.32 Å². The molecule has 0 heterocycles. The highest BCUT2D eigenvalue weighted by atomic mass is 32.2. The van der Waals surface area contributed by atoms with Gasteiger partial charge in [0.2, 0.25) is 0 Å². The Hall–Kier alpha value is -1.48. The molecule has 4 aliphatic carbocycles. The number of carboxylic acids is 1. The number of nitrogens with one attached hydrogen (secondary N) is 1. The van der Waals surface area contributed by atoms with Crippen LogP contribution in [0, 0.1) is 23.7 Å². The zero-order valence-corrected chi connectivity index (χ0v) is 17.9. The predicted molar refractivity (Wildman–Crippen MR) is 114 cm³/mol. The van der Waals surface area contributed by atoms with E-state index in [9.17, 15) is 18.3 Å².